The van der Waals surface area contributed by atoms with Crippen LogP contribution in [-0.4, -0.2) is 35.5 Å². The standard InChI is InChI=1S/C20H44O4Si/c1-17(2,3)13-21-25(22-14-18(4,5)6,23-15-19(7,8)9)24-16-20(10,11)12/h13-16H2,1-12H3. The molecule has 0 radical (unpaired) electrons. The van der Waals surface area contributed by atoms with Crippen molar-refractivity contribution < 1.29 is 17.7 Å². The largest absolute Gasteiger partial charge is 0.679 e. The van der Waals surface area contributed by atoms with Gasteiger partial charge < -0.3 is 17.7 Å². The van der Waals surface area contributed by atoms with E-state index in [4.69, 9.17) is 17.7 Å². The summed E-state index contributed by atoms with van der Waals surface area (Å²) in [6.45, 7) is 27.9. The zero-order valence-corrected chi connectivity index (χ0v) is 20.0. The molecule has 4 nitrogen and oxygen atoms in total. The molecule has 0 aromatic rings. The van der Waals surface area contributed by atoms with E-state index in [-0.39, 0.29) is 21.7 Å². The van der Waals surface area contributed by atoms with Crippen molar-refractivity contribution in [1.29, 1.82) is 0 Å². The summed E-state index contributed by atoms with van der Waals surface area (Å²) >= 11 is 0. The van der Waals surface area contributed by atoms with Crippen molar-refractivity contribution in [3.8, 4) is 0 Å². The van der Waals surface area contributed by atoms with E-state index in [2.05, 4.69) is 83.1 Å². The van der Waals surface area contributed by atoms with Crippen LogP contribution in [0.5, 0.6) is 0 Å². The summed E-state index contributed by atoms with van der Waals surface area (Å²) in [4.78, 5) is 0. The van der Waals surface area contributed by atoms with E-state index in [0.717, 1.165) is 0 Å². The molecule has 0 aliphatic rings. The van der Waals surface area contributed by atoms with Gasteiger partial charge in [0.1, 0.15) is 0 Å². The van der Waals surface area contributed by atoms with Gasteiger partial charge in [0.05, 0.1) is 0 Å². The molecule has 0 bridgehead atoms. The van der Waals surface area contributed by atoms with Crippen LogP contribution in [0.15, 0.2) is 0 Å². The normalized spacial score (nSPS) is 14.9. The van der Waals surface area contributed by atoms with Crippen molar-refractivity contribution in [3.63, 3.8) is 0 Å². The Labute approximate surface area is 158 Å². The predicted molar refractivity (Wildman–Crippen MR) is 107 cm³/mol. The molecule has 0 spiro atoms. The fourth-order valence-corrected chi connectivity index (χ4v) is 4.41. The highest BCUT2D eigenvalue weighted by Gasteiger charge is 2.49. The van der Waals surface area contributed by atoms with Crippen molar-refractivity contribution >= 4 is 9.05 Å². The summed E-state index contributed by atoms with van der Waals surface area (Å²) in [5.74, 6) is 0. The minimum Gasteiger partial charge on any atom is -0.351 e. The smallest absolute Gasteiger partial charge is 0.351 e. The Kier molecular flexibility index (Phi) is 8.85. The van der Waals surface area contributed by atoms with Crippen LogP contribution in [0.25, 0.3) is 0 Å². The van der Waals surface area contributed by atoms with Gasteiger partial charge in [-0.1, -0.05) is 83.1 Å². The lowest BCUT2D eigenvalue weighted by Gasteiger charge is -2.36. The van der Waals surface area contributed by atoms with E-state index in [0.29, 0.717) is 26.4 Å². The van der Waals surface area contributed by atoms with Crippen molar-refractivity contribution in [1.82, 2.24) is 0 Å². The van der Waals surface area contributed by atoms with Crippen LogP contribution in [-0.2, 0) is 17.7 Å². The van der Waals surface area contributed by atoms with Crippen molar-refractivity contribution in [3.05, 3.63) is 0 Å². The van der Waals surface area contributed by atoms with Gasteiger partial charge in [0, 0.05) is 26.4 Å². The fraction of sp³-hybridized carbons (Fsp3) is 1.00. The summed E-state index contributed by atoms with van der Waals surface area (Å²) in [5, 5.41) is 0. The van der Waals surface area contributed by atoms with Crippen molar-refractivity contribution in [2.75, 3.05) is 26.4 Å². The lowest BCUT2D eigenvalue weighted by molar-refractivity contribution is -0.0778. The van der Waals surface area contributed by atoms with Crippen LogP contribution in [0.1, 0.15) is 83.1 Å². The second kappa shape index (κ2) is 8.83. The summed E-state index contributed by atoms with van der Waals surface area (Å²) in [6.07, 6.45) is 0. The molecule has 0 aromatic heterocycles. The molecule has 0 fully saturated rings. The molecule has 5 heteroatoms. The highest BCUT2D eigenvalue weighted by atomic mass is 28.4. The minimum atomic E-state index is -3.23. The second-order valence-corrected chi connectivity index (χ2v) is 14.1. The summed E-state index contributed by atoms with van der Waals surface area (Å²) < 4.78 is 25.0. The van der Waals surface area contributed by atoms with Crippen LogP contribution in [0.2, 0.25) is 0 Å². The van der Waals surface area contributed by atoms with E-state index in [1.54, 1.807) is 0 Å². The Morgan fingerprint density at radius 1 is 0.400 bits per heavy atom. The molecule has 0 atom stereocenters. The SMILES string of the molecule is CC(C)(C)CO[Si](OCC(C)(C)C)(OCC(C)(C)C)OCC(C)(C)C. The molecule has 0 heterocycles. The topological polar surface area (TPSA) is 36.9 Å². The van der Waals surface area contributed by atoms with Gasteiger partial charge >= 0.3 is 9.05 Å². The lowest BCUT2D eigenvalue weighted by atomic mass is 9.99. The van der Waals surface area contributed by atoms with Gasteiger partial charge in [-0.15, -0.1) is 0 Å². The predicted octanol–water partition coefficient (Wildman–Crippen LogP) is 5.67. The number of hydrogen-bond donors (Lipinski definition) is 0. The molecule has 0 saturated carbocycles. The molecule has 0 amide bonds. The maximum absolute atomic E-state index is 6.25. The van der Waals surface area contributed by atoms with Gasteiger partial charge in [-0.05, 0) is 21.7 Å². The maximum Gasteiger partial charge on any atom is 0.679 e. The zero-order valence-electron chi connectivity index (χ0n) is 19.0. The van der Waals surface area contributed by atoms with Gasteiger partial charge in [0.25, 0.3) is 0 Å². The van der Waals surface area contributed by atoms with Gasteiger partial charge in [0.15, 0.2) is 0 Å². The monoisotopic (exact) mass is 376 g/mol. The van der Waals surface area contributed by atoms with Gasteiger partial charge in [-0.25, -0.2) is 0 Å². The van der Waals surface area contributed by atoms with Gasteiger partial charge in [0.2, 0.25) is 0 Å². The first-order valence-electron chi connectivity index (χ1n) is 9.39. The molecule has 0 aromatic carbocycles. The highest BCUT2D eigenvalue weighted by Crippen LogP contribution is 2.27. The molecule has 152 valence electrons. The maximum atomic E-state index is 6.25. The molecule has 0 aliphatic heterocycles. The zero-order chi connectivity index (χ0) is 20.2. The van der Waals surface area contributed by atoms with Crippen LogP contribution in [0, 0.1) is 21.7 Å². The third-order valence-electron chi connectivity index (χ3n) is 2.73. The van der Waals surface area contributed by atoms with E-state index < -0.39 is 9.05 Å². The van der Waals surface area contributed by atoms with E-state index in [9.17, 15) is 0 Å². The molecule has 25 heavy (non-hydrogen) atoms. The van der Waals surface area contributed by atoms with Crippen LogP contribution in [0.3, 0.4) is 0 Å². The molecule has 0 aliphatic carbocycles. The molecular weight excluding hydrogens is 332 g/mol. The number of rotatable bonds is 8. The van der Waals surface area contributed by atoms with Crippen LogP contribution >= 0.6 is 0 Å². The van der Waals surface area contributed by atoms with E-state index >= 15 is 0 Å². The summed E-state index contributed by atoms with van der Waals surface area (Å²) in [7, 11) is -3.23. The molecule has 0 saturated heterocycles. The Hall–Kier alpha value is 0.0569. The Morgan fingerprint density at radius 2 is 0.560 bits per heavy atom. The fourth-order valence-electron chi connectivity index (χ4n) is 1.47. The molecule has 0 rings (SSSR count). The van der Waals surface area contributed by atoms with E-state index in [1.165, 1.54) is 0 Å². The molecular formula is C20H44O4Si. The Morgan fingerprint density at radius 3 is 0.680 bits per heavy atom. The van der Waals surface area contributed by atoms with Crippen molar-refractivity contribution in [2.24, 2.45) is 21.7 Å². The second-order valence-electron chi connectivity index (χ2n) is 11.9. The first-order chi connectivity index (χ1) is 10.8. The Bertz CT molecular complexity index is 303. The van der Waals surface area contributed by atoms with E-state index in [1.807, 2.05) is 0 Å². The van der Waals surface area contributed by atoms with Crippen LogP contribution in [0.4, 0.5) is 0 Å². The third-order valence-corrected chi connectivity index (χ3v) is 4.72. The lowest BCUT2D eigenvalue weighted by Crippen LogP contribution is -2.54. The number of hydrogen-bond acceptors (Lipinski definition) is 4. The molecule has 0 N–H and O–H groups in total. The third kappa shape index (κ3) is 14.9. The highest BCUT2D eigenvalue weighted by molar-refractivity contribution is 6.53. The summed E-state index contributed by atoms with van der Waals surface area (Å²) in [5.41, 5.74) is 0.0537. The van der Waals surface area contributed by atoms with Crippen LogP contribution < -0.4 is 0 Å². The van der Waals surface area contributed by atoms with Gasteiger partial charge in [-0.3, -0.25) is 0 Å². The Balaban J connectivity index is 5.41. The average Bonchev–Trinajstić information content (AvgIpc) is 2.33. The average molecular weight is 377 g/mol. The minimum absolute atomic E-state index is 0.0134. The van der Waals surface area contributed by atoms with Gasteiger partial charge in [-0.2, -0.15) is 0 Å². The first kappa shape index (κ1) is 25.1. The van der Waals surface area contributed by atoms with Crippen molar-refractivity contribution in [2.45, 2.75) is 83.1 Å². The molecule has 0 unspecified atom stereocenters. The first-order valence-corrected chi connectivity index (χ1v) is 11.0. The quantitative estimate of drug-likeness (QED) is 0.511. The summed E-state index contributed by atoms with van der Waals surface area (Å²) in [6, 6.07) is 0.